The summed E-state index contributed by atoms with van der Waals surface area (Å²) in [6.45, 7) is 1.91. The fourth-order valence-corrected chi connectivity index (χ4v) is 4.20. The highest BCUT2D eigenvalue weighted by Gasteiger charge is 2.17. The first kappa shape index (κ1) is 23.0. The molecule has 10 heteroatoms. The number of rotatable bonds is 8. The molecule has 34 heavy (non-hydrogen) atoms. The van der Waals surface area contributed by atoms with Crippen molar-refractivity contribution in [2.75, 3.05) is 11.8 Å². The summed E-state index contributed by atoms with van der Waals surface area (Å²) >= 11 is 0. The van der Waals surface area contributed by atoms with Crippen LogP contribution in [0.15, 0.2) is 82.2 Å². The molecule has 2 aromatic heterocycles. The van der Waals surface area contributed by atoms with E-state index in [2.05, 4.69) is 20.0 Å². The zero-order valence-corrected chi connectivity index (χ0v) is 19.3. The number of carbonyl (C=O) groups excluding carboxylic acids is 1. The normalized spacial score (nSPS) is 11.1. The molecule has 0 aliphatic rings. The Kier molecular flexibility index (Phi) is 6.60. The summed E-state index contributed by atoms with van der Waals surface area (Å²) in [6.07, 6.45) is 1.55. The first-order chi connectivity index (χ1) is 16.4. The Bertz CT molecular complexity index is 1400. The van der Waals surface area contributed by atoms with Crippen LogP contribution in [0, 0.1) is 6.92 Å². The molecule has 9 nitrogen and oxygen atoms in total. The number of aromatic nitrogens is 2. The van der Waals surface area contributed by atoms with Crippen LogP contribution < -0.4 is 14.8 Å². The standard InChI is InChI=1S/C24H22N4O5S/c1-16-22(15-26-23(29)21-8-3-4-13-25-21)27-24(33-16)17-6-5-7-18(14-17)28-34(30,31)20-11-9-19(32-2)10-12-20/h3-14,28H,15H2,1-2H3,(H,26,29). The summed E-state index contributed by atoms with van der Waals surface area (Å²) < 4.78 is 38.9. The quantitative estimate of drug-likeness (QED) is 0.395. The van der Waals surface area contributed by atoms with Gasteiger partial charge in [0.25, 0.3) is 15.9 Å². The molecule has 2 aromatic carbocycles. The zero-order chi connectivity index (χ0) is 24.1. The Balaban J connectivity index is 1.48. The second-order valence-electron chi connectivity index (χ2n) is 7.28. The largest absolute Gasteiger partial charge is 0.497 e. The van der Waals surface area contributed by atoms with Gasteiger partial charge in [0, 0.05) is 17.4 Å². The van der Waals surface area contributed by atoms with E-state index >= 15 is 0 Å². The number of anilines is 1. The van der Waals surface area contributed by atoms with E-state index in [1.165, 1.54) is 19.2 Å². The number of nitrogens with zero attached hydrogens (tertiary/aromatic N) is 2. The lowest BCUT2D eigenvalue weighted by Crippen LogP contribution is -2.24. The van der Waals surface area contributed by atoms with Crippen molar-refractivity contribution >= 4 is 21.6 Å². The molecule has 2 N–H and O–H groups in total. The van der Waals surface area contributed by atoms with Crippen LogP contribution in [-0.4, -0.2) is 31.4 Å². The second-order valence-corrected chi connectivity index (χ2v) is 8.96. The summed E-state index contributed by atoms with van der Waals surface area (Å²) in [5.74, 6) is 1.09. The summed E-state index contributed by atoms with van der Waals surface area (Å²) in [5, 5.41) is 2.77. The van der Waals surface area contributed by atoms with E-state index in [0.717, 1.165) is 0 Å². The topological polar surface area (TPSA) is 123 Å². The van der Waals surface area contributed by atoms with Crippen molar-refractivity contribution in [3.63, 3.8) is 0 Å². The lowest BCUT2D eigenvalue weighted by molar-refractivity contribution is 0.0945. The molecular weight excluding hydrogens is 456 g/mol. The first-order valence-electron chi connectivity index (χ1n) is 10.3. The molecule has 0 atom stereocenters. The highest BCUT2D eigenvalue weighted by atomic mass is 32.2. The van der Waals surface area contributed by atoms with E-state index in [9.17, 15) is 13.2 Å². The molecule has 0 aliphatic carbocycles. The van der Waals surface area contributed by atoms with Crippen molar-refractivity contribution in [3.8, 4) is 17.2 Å². The van der Waals surface area contributed by atoms with Crippen LogP contribution in [0.25, 0.3) is 11.5 Å². The van der Waals surface area contributed by atoms with Gasteiger partial charge in [-0.2, -0.15) is 0 Å². The van der Waals surface area contributed by atoms with Gasteiger partial charge in [0.1, 0.15) is 22.9 Å². The number of amides is 1. The smallest absolute Gasteiger partial charge is 0.270 e. The van der Waals surface area contributed by atoms with Gasteiger partial charge < -0.3 is 14.5 Å². The maximum atomic E-state index is 12.7. The van der Waals surface area contributed by atoms with E-state index in [-0.39, 0.29) is 17.3 Å². The van der Waals surface area contributed by atoms with E-state index in [0.29, 0.717) is 40.0 Å². The van der Waals surface area contributed by atoms with Gasteiger partial charge in [-0.25, -0.2) is 13.4 Å². The van der Waals surface area contributed by atoms with E-state index in [1.807, 2.05) is 0 Å². The van der Waals surface area contributed by atoms with Gasteiger partial charge in [-0.15, -0.1) is 0 Å². The number of aryl methyl sites for hydroxylation is 1. The van der Waals surface area contributed by atoms with Crippen LogP contribution in [-0.2, 0) is 16.6 Å². The van der Waals surface area contributed by atoms with Gasteiger partial charge in [-0.3, -0.25) is 14.5 Å². The molecule has 1 amide bonds. The Labute approximate surface area is 196 Å². The average molecular weight is 479 g/mol. The minimum absolute atomic E-state index is 0.108. The third-order valence-corrected chi connectivity index (χ3v) is 6.34. The van der Waals surface area contributed by atoms with Crippen molar-refractivity contribution in [1.82, 2.24) is 15.3 Å². The monoisotopic (exact) mass is 478 g/mol. The highest BCUT2D eigenvalue weighted by Crippen LogP contribution is 2.26. The van der Waals surface area contributed by atoms with E-state index in [1.54, 1.807) is 67.7 Å². The molecule has 0 radical (unpaired) electrons. The second kappa shape index (κ2) is 9.75. The lowest BCUT2D eigenvalue weighted by Gasteiger charge is -2.09. The van der Waals surface area contributed by atoms with Crippen molar-refractivity contribution in [2.45, 2.75) is 18.4 Å². The molecule has 0 saturated carbocycles. The van der Waals surface area contributed by atoms with E-state index in [4.69, 9.17) is 9.15 Å². The Morgan fingerprint density at radius 3 is 2.56 bits per heavy atom. The predicted octanol–water partition coefficient (Wildman–Crippen LogP) is 3.78. The fourth-order valence-electron chi connectivity index (χ4n) is 3.15. The molecule has 0 spiro atoms. The SMILES string of the molecule is COc1ccc(S(=O)(=O)Nc2cccc(-c3nc(CNC(=O)c4ccccn4)c(C)o3)c2)cc1. The zero-order valence-electron chi connectivity index (χ0n) is 18.5. The van der Waals surface area contributed by atoms with Crippen LogP contribution in [0.5, 0.6) is 5.75 Å². The number of carbonyl (C=O) groups is 1. The summed E-state index contributed by atoms with van der Waals surface area (Å²) in [5.41, 5.74) is 1.80. The molecule has 4 rings (SSSR count). The molecule has 2 heterocycles. The third kappa shape index (κ3) is 5.24. The predicted molar refractivity (Wildman–Crippen MR) is 126 cm³/mol. The number of methoxy groups -OCH3 is 1. The number of ether oxygens (including phenoxy) is 1. The number of pyridine rings is 1. The van der Waals surface area contributed by atoms with E-state index < -0.39 is 10.0 Å². The van der Waals surface area contributed by atoms with Crippen molar-refractivity contribution in [2.24, 2.45) is 0 Å². The summed E-state index contributed by atoms with van der Waals surface area (Å²) in [7, 11) is -2.28. The van der Waals surface area contributed by atoms with Gasteiger partial charge in [0.2, 0.25) is 5.89 Å². The van der Waals surface area contributed by atoms with Crippen molar-refractivity contribution in [1.29, 1.82) is 0 Å². The number of oxazole rings is 1. The van der Waals surface area contributed by atoms with Crippen molar-refractivity contribution in [3.05, 3.63) is 90.1 Å². The number of sulfonamides is 1. The highest BCUT2D eigenvalue weighted by molar-refractivity contribution is 7.92. The molecule has 0 aliphatic heterocycles. The van der Waals surface area contributed by atoms with Crippen LogP contribution >= 0.6 is 0 Å². The molecule has 174 valence electrons. The summed E-state index contributed by atoms with van der Waals surface area (Å²) in [4.78, 5) is 20.8. The molecule has 0 saturated heterocycles. The van der Waals surface area contributed by atoms with Crippen LogP contribution in [0.4, 0.5) is 5.69 Å². The van der Waals surface area contributed by atoms with Gasteiger partial charge in [0.15, 0.2) is 0 Å². The van der Waals surface area contributed by atoms with Crippen LogP contribution in [0.3, 0.4) is 0 Å². The number of benzene rings is 2. The maximum absolute atomic E-state index is 12.7. The van der Waals surface area contributed by atoms with Crippen LogP contribution in [0.2, 0.25) is 0 Å². The summed E-state index contributed by atoms with van der Waals surface area (Å²) in [6, 6.07) is 17.9. The molecule has 4 aromatic rings. The lowest BCUT2D eigenvalue weighted by atomic mass is 10.2. The minimum atomic E-state index is -3.79. The fraction of sp³-hybridized carbons (Fsp3) is 0.125. The number of hydrogen-bond donors (Lipinski definition) is 2. The first-order valence-corrected chi connectivity index (χ1v) is 11.8. The van der Waals surface area contributed by atoms with Gasteiger partial charge in [-0.1, -0.05) is 12.1 Å². The third-order valence-electron chi connectivity index (χ3n) is 4.94. The van der Waals surface area contributed by atoms with Crippen LogP contribution in [0.1, 0.15) is 21.9 Å². The Hall–Kier alpha value is -4.18. The Morgan fingerprint density at radius 1 is 1.06 bits per heavy atom. The van der Waals surface area contributed by atoms with Crippen molar-refractivity contribution < 1.29 is 22.4 Å². The molecular formula is C24H22N4O5S. The molecule has 0 unspecified atom stereocenters. The maximum Gasteiger partial charge on any atom is 0.270 e. The minimum Gasteiger partial charge on any atom is -0.497 e. The Morgan fingerprint density at radius 2 is 1.85 bits per heavy atom. The number of hydrogen-bond acceptors (Lipinski definition) is 7. The number of nitrogens with one attached hydrogen (secondary N) is 2. The van der Waals surface area contributed by atoms with Gasteiger partial charge in [0.05, 0.1) is 18.6 Å². The average Bonchev–Trinajstić information content (AvgIpc) is 3.23. The van der Waals surface area contributed by atoms with Gasteiger partial charge >= 0.3 is 0 Å². The molecule has 0 bridgehead atoms. The molecule has 0 fully saturated rings. The van der Waals surface area contributed by atoms with Gasteiger partial charge in [-0.05, 0) is 61.5 Å².